The summed E-state index contributed by atoms with van der Waals surface area (Å²) >= 11 is 0. The predicted molar refractivity (Wildman–Crippen MR) is 76.6 cm³/mol. The SMILES string of the molecule is CNCC1CCC(CN(CCCOC)CCOC)O1. The Labute approximate surface area is 117 Å². The van der Waals surface area contributed by atoms with Crippen LogP contribution in [-0.4, -0.2) is 77.8 Å². The monoisotopic (exact) mass is 274 g/mol. The summed E-state index contributed by atoms with van der Waals surface area (Å²) in [7, 11) is 5.48. The van der Waals surface area contributed by atoms with Crippen molar-refractivity contribution in [1.29, 1.82) is 0 Å². The molecule has 1 aliphatic rings. The van der Waals surface area contributed by atoms with Gasteiger partial charge in [-0.3, -0.25) is 4.90 Å². The standard InChI is InChI=1S/C14H30N2O3/c1-15-11-13-5-6-14(19-13)12-16(8-10-18-3)7-4-9-17-2/h13-15H,4-12H2,1-3H3. The Morgan fingerprint density at radius 1 is 1.11 bits per heavy atom. The van der Waals surface area contributed by atoms with Crippen molar-refractivity contribution in [2.45, 2.75) is 31.5 Å². The van der Waals surface area contributed by atoms with Gasteiger partial charge in [0.15, 0.2) is 0 Å². The van der Waals surface area contributed by atoms with Crippen molar-refractivity contribution in [1.82, 2.24) is 10.2 Å². The normalized spacial score (nSPS) is 23.4. The van der Waals surface area contributed by atoms with Crippen LogP contribution in [0.5, 0.6) is 0 Å². The number of nitrogens with one attached hydrogen (secondary N) is 1. The molecule has 1 rings (SSSR count). The summed E-state index contributed by atoms with van der Waals surface area (Å²) in [5.41, 5.74) is 0. The highest BCUT2D eigenvalue weighted by Crippen LogP contribution is 2.20. The van der Waals surface area contributed by atoms with Gasteiger partial charge in [-0.05, 0) is 26.3 Å². The van der Waals surface area contributed by atoms with Crippen LogP contribution >= 0.6 is 0 Å². The average Bonchev–Trinajstić information content (AvgIpc) is 2.84. The largest absolute Gasteiger partial charge is 0.385 e. The van der Waals surface area contributed by atoms with E-state index in [4.69, 9.17) is 14.2 Å². The highest BCUT2D eigenvalue weighted by molar-refractivity contribution is 4.77. The second-order valence-electron chi connectivity index (χ2n) is 5.15. The Kier molecular flexibility index (Phi) is 9.38. The lowest BCUT2D eigenvalue weighted by Crippen LogP contribution is -2.36. The van der Waals surface area contributed by atoms with Crippen LogP contribution in [0, 0.1) is 0 Å². The molecule has 1 heterocycles. The van der Waals surface area contributed by atoms with Gasteiger partial charge in [0.25, 0.3) is 0 Å². The molecule has 1 aliphatic heterocycles. The molecule has 0 spiro atoms. The lowest BCUT2D eigenvalue weighted by molar-refractivity contribution is 0.0178. The van der Waals surface area contributed by atoms with Gasteiger partial charge in [0.2, 0.25) is 0 Å². The first kappa shape index (κ1) is 16.9. The Bertz CT molecular complexity index is 217. The Hall–Kier alpha value is -0.200. The van der Waals surface area contributed by atoms with Crippen molar-refractivity contribution in [2.24, 2.45) is 0 Å². The van der Waals surface area contributed by atoms with Crippen LogP contribution in [0.4, 0.5) is 0 Å². The summed E-state index contributed by atoms with van der Waals surface area (Å²) in [5.74, 6) is 0. The third kappa shape index (κ3) is 7.22. The zero-order valence-electron chi connectivity index (χ0n) is 12.7. The Morgan fingerprint density at radius 2 is 1.84 bits per heavy atom. The number of hydrogen-bond donors (Lipinski definition) is 1. The Morgan fingerprint density at radius 3 is 2.53 bits per heavy atom. The summed E-state index contributed by atoms with van der Waals surface area (Å²) < 4.78 is 16.3. The number of hydrogen-bond acceptors (Lipinski definition) is 5. The van der Waals surface area contributed by atoms with E-state index in [1.54, 1.807) is 14.2 Å². The number of rotatable bonds is 11. The van der Waals surface area contributed by atoms with Crippen LogP contribution in [0.3, 0.4) is 0 Å². The highest BCUT2D eigenvalue weighted by atomic mass is 16.5. The van der Waals surface area contributed by atoms with E-state index in [0.717, 1.165) is 45.8 Å². The first-order chi connectivity index (χ1) is 9.30. The van der Waals surface area contributed by atoms with Gasteiger partial charge in [0, 0.05) is 47.0 Å². The number of nitrogens with zero attached hydrogens (tertiary/aromatic N) is 1. The van der Waals surface area contributed by atoms with Gasteiger partial charge < -0.3 is 19.5 Å². The highest BCUT2D eigenvalue weighted by Gasteiger charge is 2.26. The van der Waals surface area contributed by atoms with Crippen LogP contribution in [0.25, 0.3) is 0 Å². The molecular weight excluding hydrogens is 244 g/mol. The lowest BCUT2D eigenvalue weighted by atomic mass is 10.2. The molecule has 0 bridgehead atoms. The van der Waals surface area contributed by atoms with Crippen molar-refractivity contribution in [3.05, 3.63) is 0 Å². The van der Waals surface area contributed by atoms with E-state index in [0.29, 0.717) is 12.2 Å². The second kappa shape index (κ2) is 10.6. The number of methoxy groups -OCH3 is 2. The molecule has 114 valence electrons. The summed E-state index contributed by atoms with van der Waals surface area (Å²) in [4.78, 5) is 2.43. The molecule has 0 aromatic heterocycles. The van der Waals surface area contributed by atoms with Crippen LogP contribution in [-0.2, 0) is 14.2 Å². The molecule has 0 saturated carbocycles. The Balaban J connectivity index is 2.26. The molecule has 5 heteroatoms. The van der Waals surface area contributed by atoms with Gasteiger partial charge in [-0.15, -0.1) is 0 Å². The zero-order valence-corrected chi connectivity index (χ0v) is 12.7. The summed E-state index contributed by atoms with van der Waals surface area (Å²) in [6.07, 6.45) is 4.16. The maximum absolute atomic E-state index is 6.04. The molecular formula is C14H30N2O3. The van der Waals surface area contributed by atoms with Crippen LogP contribution < -0.4 is 5.32 Å². The number of ether oxygens (including phenoxy) is 3. The van der Waals surface area contributed by atoms with Crippen molar-refractivity contribution < 1.29 is 14.2 Å². The van der Waals surface area contributed by atoms with Gasteiger partial charge in [-0.1, -0.05) is 0 Å². The maximum atomic E-state index is 6.04. The van der Waals surface area contributed by atoms with Crippen molar-refractivity contribution >= 4 is 0 Å². The van der Waals surface area contributed by atoms with E-state index in [2.05, 4.69) is 10.2 Å². The number of likely N-dealkylation sites (N-methyl/N-ethyl adjacent to an activating group) is 1. The molecule has 2 atom stereocenters. The summed E-state index contributed by atoms with van der Waals surface area (Å²) in [6, 6.07) is 0. The average molecular weight is 274 g/mol. The fourth-order valence-electron chi connectivity index (χ4n) is 2.53. The molecule has 0 aromatic rings. The van der Waals surface area contributed by atoms with Gasteiger partial charge in [-0.2, -0.15) is 0 Å². The first-order valence-electron chi connectivity index (χ1n) is 7.30. The van der Waals surface area contributed by atoms with E-state index >= 15 is 0 Å². The minimum absolute atomic E-state index is 0.373. The fourth-order valence-corrected chi connectivity index (χ4v) is 2.53. The van der Waals surface area contributed by atoms with E-state index < -0.39 is 0 Å². The molecule has 1 N–H and O–H groups in total. The molecule has 2 unspecified atom stereocenters. The quantitative estimate of drug-likeness (QED) is 0.563. The van der Waals surface area contributed by atoms with Crippen molar-refractivity contribution in [3.63, 3.8) is 0 Å². The minimum atomic E-state index is 0.373. The molecule has 1 saturated heterocycles. The third-order valence-corrected chi connectivity index (χ3v) is 3.52. The molecule has 19 heavy (non-hydrogen) atoms. The predicted octanol–water partition coefficient (Wildman–Crippen LogP) is 0.738. The minimum Gasteiger partial charge on any atom is -0.385 e. The topological polar surface area (TPSA) is 43.0 Å². The maximum Gasteiger partial charge on any atom is 0.0707 e. The van der Waals surface area contributed by atoms with Gasteiger partial charge in [0.05, 0.1) is 18.8 Å². The van der Waals surface area contributed by atoms with Crippen molar-refractivity contribution in [3.8, 4) is 0 Å². The van der Waals surface area contributed by atoms with E-state index in [1.165, 1.54) is 12.8 Å². The molecule has 5 nitrogen and oxygen atoms in total. The molecule has 1 fully saturated rings. The van der Waals surface area contributed by atoms with Crippen LogP contribution in [0.1, 0.15) is 19.3 Å². The second-order valence-corrected chi connectivity index (χ2v) is 5.15. The summed E-state index contributed by atoms with van der Waals surface area (Å²) in [5, 5.41) is 3.18. The van der Waals surface area contributed by atoms with E-state index in [9.17, 15) is 0 Å². The van der Waals surface area contributed by atoms with Crippen LogP contribution in [0.15, 0.2) is 0 Å². The third-order valence-electron chi connectivity index (χ3n) is 3.52. The molecule has 0 aliphatic carbocycles. The molecule has 0 aromatic carbocycles. The van der Waals surface area contributed by atoms with E-state index in [-0.39, 0.29) is 0 Å². The van der Waals surface area contributed by atoms with Gasteiger partial charge in [-0.25, -0.2) is 0 Å². The molecule has 0 radical (unpaired) electrons. The molecule has 0 amide bonds. The summed E-state index contributed by atoms with van der Waals surface area (Å²) in [6.45, 7) is 5.58. The van der Waals surface area contributed by atoms with Gasteiger partial charge >= 0.3 is 0 Å². The lowest BCUT2D eigenvalue weighted by Gasteiger charge is -2.25. The first-order valence-corrected chi connectivity index (χ1v) is 7.30. The van der Waals surface area contributed by atoms with E-state index in [1.807, 2.05) is 7.05 Å². The van der Waals surface area contributed by atoms with Crippen molar-refractivity contribution in [2.75, 3.05) is 60.7 Å². The smallest absolute Gasteiger partial charge is 0.0707 e. The fraction of sp³-hybridized carbons (Fsp3) is 1.00. The van der Waals surface area contributed by atoms with Crippen LogP contribution in [0.2, 0.25) is 0 Å². The zero-order chi connectivity index (χ0) is 13.9. The van der Waals surface area contributed by atoms with Gasteiger partial charge in [0.1, 0.15) is 0 Å².